The van der Waals surface area contributed by atoms with E-state index in [-0.39, 0.29) is 5.56 Å². The molecule has 1 atom stereocenters. The van der Waals surface area contributed by atoms with E-state index in [1.165, 1.54) is 18.2 Å². The third kappa shape index (κ3) is 2.76. The summed E-state index contributed by atoms with van der Waals surface area (Å²) in [7, 11) is 0. The Kier molecular flexibility index (Phi) is 3.77. The van der Waals surface area contributed by atoms with Gasteiger partial charge in [0.15, 0.2) is 0 Å². The van der Waals surface area contributed by atoms with Crippen molar-refractivity contribution in [3.63, 3.8) is 0 Å². The molecule has 0 saturated carbocycles. The first-order valence-electron chi connectivity index (χ1n) is 5.41. The number of halogens is 3. The van der Waals surface area contributed by atoms with Gasteiger partial charge < -0.3 is 5.32 Å². The molecular formula is C13H11ClF2N2. The molecule has 1 unspecified atom stereocenters. The van der Waals surface area contributed by atoms with Crippen LogP contribution in [0.2, 0.25) is 5.15 Å². The standard InChI is InChI=1S/C13H11ClF2N2/c1-8(13-9(15)4-2-5-10(13)16)17-12-7-3-6-11(14)18-12/h2-8H,1H3,(H,17,18). The average molecular weight is 269 g/mol. The normalized spacial score (nSPS) is 12.2. The van der Waals surface area contributed by atoms with E-state index in [2.05, 4.69) is 10.3 Å². The molecule has 0 radical (unpaired) electrons. The second kappa shape index (κ2) is 5.31. The average Bonchev–Trinajstić information content (AvgIpc) is 2.28. The summed E-state index contributed by atoms with van der Waals surface area (Å²) < 4.78 is 27.1. The molecule has 0 fully saturated rings. The summed E-state index contributed by atoms with van der Waals surface area (Å²) in [6.07, 6.45) is 0. The number of rotatable bonds is 3. The Bertz CT molecular complexity index is 540. The highest BCUT2D eigenvalue weighted by molar-refractivity contribution is 6.29. The Balaban J connectivity index is 2.25. The lowest BCUT2D eigenvalue weighted by atomic mass is 10.1. The Morgan fingerprint density at radius 3 is 2.33 bits per heavy atom. The van der Waals surface area contributed by atoms with E-state index in [1.807, 2.05) is 0 Å². The maximum absolute atomic E-state index is 13.6. The minimum Gasteiger partial charge on any atom is -0.363 e. The van der Waals surface area contributed by atoms with Crippen molar-refractivity contribution in [1.29, 1.82) is 0 Å². The van der Waals surface area contributed by atoms with Gasteiger partial charge >= 0.3 is 0 Å². The molecule has 0 saturated heterocycles. The van der Waals surface area contributed by atoms with Crippen LogP contribution >= 0.6 is 11.6 Å². The Hall–Kier alpha value is -1.68. The van der Waals surface area contributed by atoms with Crippen LogP contribution in [0.25, 0.3) is 0 Å². The van der Waals surface area contributed by atoms with Crippen LogP contribution in [0, 0.1) is 11.6 Å². The van der Waals surface area contributed by atoms with E-state index in [9.17, 15) is 8.78 Å². The maximum atomic E-state index is 13.6. The number of nitrogens with zero attached hydrogens (tertiary/aromatic N) is 1. The summed E-state index contributed by atoms with van der Waals surface area (Å²) in [5.41, 5.74) is -0.0146. The topological polar surface area (TPSA) is 24.9 Å². The lowest BCUT2D eigenvalue weighted by molar-refractivity contribution is 0.544. The van der Waals surface area contributed by atoms with Crippen LogP contribution in [0.3, 0.4) is 0 Å². The Morgan fingerprint density at radius 2 is 1.72 bits per heavy atom. The smallest absolute Gasteiger partial charge is 0.131 e. The van der Waals surface area contributed by atoms with Gasteiger partial charge in [0, 0.05) is 5.56 Å². The predicted octanol–water partition coefficient (Wildman–Crippen LogP) is 4.19. The highest BCUT2D eigenvalue weighted by atomic mass is 35.5. The Morgan fingerprint density at radius 1 is 1.11 bits per heavy atom. The third-order valence-electron chi connectivity index (χ3n) is 2.51. The lowest BCUT2D eigenvalue weighted by Crippen LogP contribution is -2.11. The van der Waals surface area contributed by atoms with E-state index >= 15 is 0 Å². The third-order valence-corrected chi connectivity index (χ3v) is 2.72. The molecule has 0 spiro atoms. The SMILES string of the molecule is CC(Nc1cccc(Cl)n1)c1c(F)cccc1F. The van der Waals surface area contributed by atoms with E-state index < -0.39 is 17.7 Å². The molecule has 1 N–H and O–H groups in total. The van der Waals surface area contributed by atoms with Crippen LogP contribution in [0.1, 0.15) is 18.5 Å². The lowest BCUT2D eigenvalue weighted by Gasteiger charge is -2.16. The number of aromatic nitrogens is 1. The number of benzene rings is 1. The van der Waals surface area contributed by atoms with Gasteiger partial charge in [-0.1, -0.05) is 23.7 Å². The summed E-state index contributed by atoms with van der Waals surface area (Å²) >= 11 is 5.74. The molecule has 94 valence electrons. The van der Waals surface area contributed by atoms with Crippen LogP contribution in [-0.2, 0) is 0 Å². The van der Waals surface area contributed by atoms with Gasteiger partial charge in [-0.05, 0) is 31.2 Å². The van der Waals surface area contributed by atoms with Crippen molar-refractivity contribution < 1.29 is 8.78 Å². The van der Waals surface area contributed by atoms with Gasteiger partial charge in [0.25, 0.3) is 0 Å². The zero-order valence-electron chi connectivity index (χ0n) is 9.62. The van der Waals surface area contributed by atoms with Crippen molar-refractivity contribution in [2.24, 2.45) is 0 Å². The fraction of sp³-hybridized carbons (Fsp3) is 0.154. The van der Waals surface area contributed by atoms with Gasteiger partial charge in [-0.3, -0.25) is 0 Å². The molecule has 0 aliphatic rings. The van der Waals surface area contributed by atoms with Crippen molar-refractivity contribution in [3.8, 4) is 0 Å². The summed E-state index contributed by atoms with van der Waals surface area (Å²) in [6, 6.07) is 8.25. The quantitative estimate of drug-likeness (QED) is 0.845. The van der Waals surface area contributed by atoms with Gasteiger partial charge in [-0.25, -0.2) is 13.8 Å². The second-order valence-electron chi connectivity index (χ2n) is 3.85. The van der Waals surface area contributed by atoms with E-state index in [0.717, 1.165) is 0 Å². The van der Waals surface area contributed by atoms with Gasteiger partial charge in [0.05, 0.1) is 6.04 Å². The second-order valence-corrected chi connectivity index (χ2v) is 4.23. The minimum atomic E-state index is -0.586. The van der Waals surface area contributed by atoms with Crippen LogP contribution in [0.15, 0.2) is 36.4 Å². The molecule has 2 aromatic rings. The largest absolute Gasteiger partial charge is 0.363 e. The molecule has 1 heterocycles. The molecule has 0 amide bonds. The van der Waals surface area contributed by atoms with Crippen molar-refractivity contribution in [3.05, 3.63) is 58.7 Å². The van der Waals surface area contributed by atoms with Gasteiger partial charge in [0.2, 0.25) is 0 Å². The minimum absolute atomic E-state index is 0.0146. The first kappa shape index (κ1) is 12.8. The van der Waals surface area contributed by atoms with Crippen molar-refractivity contribution in [1.82, 2.24) is 4.98 Å². The van der Waals surface area contributed by atoms with Crippen molar-refractivity contribution in [2.75, 3.05) is 5.32 Å². The zero-order valence-corrected chi connectivity index (χ0v) is 10.4. The molecule has 0 aliphatic heterocycles. The van der Waals surface area contributed by atoms with E-state index in [0.29, 0.717) is 11.0 Å². The molecule has 1 aromatic carbocycles. The van der Waals surface area contributed by atoms with E-state index in [4.69, 9.17) is 11.6 Å². The highest BCUT2D eigenvalue weighted by Gasteiger charge is 2.16. The number of pyridine rings is 1. The van der Waals surface area contributed by atoms with Crippen LogP contribution in [0.5, 0.6) is 0 Å². The Labute approximate surface area is 109 Å². The summed E-state index contributed by atoms with van der Waals surface area (Å²) in [5, 5.41) is 3.23. The zero-order chi connectivity index (χ0) is 13.1. The molecule has 0 bridgehead atoms. The van der Waals surface area contributed by atoms with Gasteiger partial charge in [-0.2, -0.15) is 0 Å². The summed E-state index contributed by atoms with van der Waals surface area (Å²) in [4.78, 5) is 4.01. The molecule has 18 heavy (non-hydrogen) atoms. The predicted molar refractivity (Wildman–Crippen MR) is 67.6 cm³/mol. The number of hydrogen-bond donors (Lipinski definition) is 1. The highest BCUT2D eigenvalue weighted by Crippen LogP contribution is 2.23. The van der Waals surface area contributed by atoms with Crippen LogP contribution in [-0.4, -0.2) is 4.98 Å². The fourth-order valence-corrected chi connectivity index (χ4v) is 1.87. The van der Waals surface area contributed by atoms with Crippen molar-refractivity contribution >= 4 is 17.4 Å². The number of nitrogens with one attached hydrogen (secondary N) is 1. The van der Waals surface area contributed by atoms with Gasteiger partial charge in [0.1, 0.15) is 22.6 Å². The van der Waals surface area contributed by atoms with Crippen LogP contribution in [0.4, 0.5) is 14.6 Å². The molecule has 0 aliphatic carbocycles. The summed E-state index contributed by atoms with van der Waals surface area (Å²) in [5.74, 6) is -0.702. The van der Waals surface area contributed by atoms with Gasteiger partial charge in [-0.15, -0.1) is 0 Å². The molecular weight excluding hydrogens is 258 g/mol. The fourth-order valence-electron chi connectivity index (χ4n) is 1.71. The molecule has 2 nitrogen and oxygen atoms in total. The number of hydrogen-bond acceptors (Lipinski definition) is 2. The first-order chi connectivity index (χ1) is 8.58. The molecule has 1 aromatic heterocycles. The first-order valence-corrected chi connectivity index (χ1v) is 5.78. The monoisotopic (exact) mass is 268 g/mol. The maximum Gasteiger partial charge on any atom is 0.131 e. The summed E-state index contributed by atoms with van der Waals surface area (Å²) in [6.45, 7) is 1.66. The molecule has 5 heteroatoms. The van der Waals surface area contributed by atoms with Crippen molar-refractivity contribution in [2.45, 2.75) is 13.0 Å². The van der Waals surface area contributed by atoms with Crippen LogP contribution < -0.4 is 5.32 Å². The number of anilines is 1. The molecule has 2 rings (SSSR count). The van der Waals surface area contributed by atoms with E-state index in [1.54, 1.807) is 25.1 Å².